The van der Waals surface area contributed by atoms with Crippen molar-refractivity contribution in [2.75, 3.05) is 20.3 Å². The van der Waals surface area contributed by atoms with Crippen LogP contribution in [0.3, 0.4) is 0 Å². The summed E-state index contributed by atoms with van der Waals surface area (Å²) < 4.78 is 4.98. The minimum atomic E-state index is -0.676. The molecule has 0 unspecified atom stereocenters. The first-order valence-corrected chi connectivity index (χ1v) is 4.63. The van der Waals surface area contributed by atoms with Gasteiger partial charge in [-0.3, -0.25) is 9.59 Å². The average molecular weight is 233 g/mol. The van der Waals surface area contributed by atoms with Crippen molar-refractivity contribution in [2.45, 2.75) is 12.1 Å². The van der Waals surface area contributed by atoms with Gasteiger partial charge in [0.15, 0.2) is 6.03 Å². The second kappa shape index (κ2) is 5.18. The summed E-state index contributed by atoms with van der Waals surface area (Å²) >= 11 is 0. The quantitative estimate of drug-likeness (QED) is 0.407. The first-order valence-electron chi connectivity index (χ1n) is 4.63. The van der Waals surface area contributed by atoms with E-state index in [0.717, 1.165) is 5.57 Å². The summed E-state index contributed by atoms with van der Waals surface area (Å²) in [5.41, 5.74) is 6.06. The molecule has 0 radical (unpaired) electrons. The number of fused-ring (bicyclic) bond motifs is 2. The van der Waals surface area contributed by atoms with Crippen LogP contribution < -0.4 is 35.3 Å². The molecular weight excluding hydrogens is 221 g/mol. The van der Waals surface area contributed by atoms with Crippen LogP contribution >= 0.6 is 0 Å². The molecule has 2 aliphatic heterocycles. The van der Waals surface area contributed by atoms with E-state index in [1.54, 1.807) is 13.2 Å². The number of carbonyl (C=O) groups excluding carboxylic acids is 2. The van der Waals surface area contributed by atoms with Gasteiger partial charge in [0.25, 0.3) is 0 Å². The molecule has 2 aliphatic rings. The molecule has 0 aromatic heterocycles. The Balaban J connectivity index is 0.00000128. The minimum absolute atomic E-state index is 0. The number of ether oxygens (including phenoxy) is 1. The van der Waals surface area contributed by atoms with Crippen LogP contribution in [0, 0.1) is 0 Å². The van der Waals surface area contributed by atoms with Crippen LogP contribution in [-0.4, -0.2) is 49.2 Å². The molecule has 0 spiro atoms. The van der Waals surface area contributed by atoms with Crippen molar-refractivity contribution >= 4 is 11.9 Å². The number of nitrogens with two attached hydrogens (primary N) is 1. The molecular formula is C9H12N3NaO3. The number of hydrogen-bond donors (Lipinski definition) is 1. The van der Waals surface area contributed by atoms with Gasteiger partial charge in [0.2, 0.25) is 5.91 Å². The number of nitrogens with zero attached hydrogens (tertiary/aromatic N) is 2. The Kier molecular flexibility index (Phi) is 4.37. The maximum atomic E-state index is 11.4. The van der Waals surface area contributed by atoms with Crippen LogP contribution in [0.25, 0.3) is 5.32 Å². The monoisotopic (exact) mass is 233 g/mol. The molecule has 2 N–H and O–H groups in total. The summed E-state index contributed by atoms with van der Waals surface area (Å²) in [7, 11) is 1.56. The van der Waals surface area contributed by atoms with Crippen molar-refractivity contribution in [1.82, 2.24) is 4.90 Å². The first-order chi connectivity index (χ1) is 7.13. The summed E-state index contributed by atoms with van der Waals surface area (Å²) in [6, 6.07) is -1.22. The first kappa shape index (κ1) is 13.5. The van der Waals surface area contributed by atoms with Crippen molar-refractivity contribution in [3.8, 4) is 0 Å². The van der Waals surface area contributed by atoms with Gasteiger partial charge in [0, 0.05) is 7.11 Å². The van der Waals surface area contributed by atoms with E-state index in [1.807, 2.05) is 0 Å². The van der Waals surface area contributed by atoms with E-state index < -0.39 is 11.9 Å². The summed E-state index contributed by atoms with van der Waals surface area (Å²) in [6.45, 7) is 0.806. The zero-order valence-corrected chi connectivity index (χ0v) is 11.3. The van der Waals surface area contributed by atoms with Crippen molar-refractivity contribution in [1.29, 1.82) is 0 Å². The Morgan fingerprint density at radius 3 is 3.00 bits per heavy atom. The van der Waals surface area contributed by atoms with E-state index in [4.69, 9.17) is 10.5 Å². The molecule has 2 heterocycles. The van der Waals surface area contributed by atoms with Crippen molar-refractivity contribution in [3.63, 3.8) is 0 Å². The summed E-state index contributed by atoms with van der Waals surface area (Å²) in [4.78, 5) is 23.9. The van der Waals surface area contributed by atoms with Crippen molar-refractivity contribution in [2.24, 2.45) is 5.73 Å². The zero-order chi connectivity index (χ0) is 11.0. The molecule has 0 aromatic carbocycles. The number of hydrogen-bond acceptors (Lipinski definition) is 3. The molecule has 2 atom stereocenters. The van der Waals surface area contributed by atoms with E-state index in [0.29, 0.717) is 13.2 Å². The number of amides is 3. The molecule has 2 bridgehead atoms. The fraction of sp³-hybridized carbons (Fsp3) is 0.556. The van der Waals surface area contributed by atoms with E-state index in [2.05, 4.69) is 5.32 Å². The number of urea groups is 1. The largest absolute Gasteiger partial charge is 1.00 e. The number of primary amides is 1. The Hall–Kier alpha value is -0.560. The summed E-state index contributed by atoms with van der Waals surface area (Å²) in [6.07, 6.45) is 1.68. The predicted octanol–water partition coefficient (Wildman–Crippen LogP) is -3.39. The van der Waals surface area contributed by atoms with Gasteiger partial charge in [-0.25, -0.2) is 0 Å². The van der Waals surface area contributed by atoms with E-state index in [9.17, 15) is 9.59 Å². The van der Waals surface area contributed by atoms with Crippen molar-refractivity contribution in [3.05, 3.63) is 17.0 Å². The Labute approximate surface area is 115 Å². The standard InChI is InChI=1S/C9H13N3O3.Na/c1-15-4-5-2-7(8(10)13)12-3-6(5)11-9(12)14;/h2,6-7H,3-4H2,1H3,(H3,10,11,13,14);/q;+1/p-1/t6-,7-;/m0./s1. The number of methoxy groups -OCH3 is 1. The second-order valence-electron chi connectivity index (χ2n) is 3.60. The van der Waals surface area contributed by atoms with Gasteiger partial charge >= 0.3 is 29.6 Å². The Bertz CT molecular complexity index is 345. The van der Waals surface area contributed by atoms with Gasteiger partial charge in [-0.05, 0) is 18.2 Å². The van der Waals surface area contributed by atoms with Crippen LogP contribution in [0.4, 0.5) is 4.79 Å². The normalized spacial score (nSPS) is 26.9. The van der Waals surface area contributed by atoms with Gasteiger partial charge in [-0.2, -0.15) is 0 Å². The maximum absolute atomic E-state index is 11.4. The number of rotatable bonds is 3. The fourth-order valence-electron chi connectivity index (χ4n) is 1.90. The third kappa shape index (κ3) is 2.24. The fourth-order valence-corrected chi connectivity index (χ4v) is 1.90. The predicted molar refractivity (Wildman–Crippen MR) is 52.2 cm³/mol. The molecule has 6 nitrogen and oxygen atoms in total. The van der Waals surface area contributed by atoms with Crippen molar-refractivity contribution < 1.29 is 43.9 Å². The number of carbonyl (C=O) groups is 2. The topological polar surface area (TPSA) is 86.7 Å². The van der Waals surface area contributed by atoms with Gasteiger partial charge in [-0.1, -0.05) is 6.08 Å². The van der Waals surface area contributed by atoms with Crippen LogP contribution in [-0.2, 0) is 9.53 Å². The third-order valence-electron chi connectivity index (χ3n) is 2.62. The summed E-state index contributed by atoms with van der Waals surface area (Å²) in [5, 5.41) is 3.91. The van der Waals surface area contributed by atoms with Crippen LogP contribution in [0.2, 0.25) is 0 Å². The summed E-state index contributed by atoms with van der Waals surface area (Å²) in [5.74, 6) is -0.535. The van der Waals surface area contributed by atoms with E-state index in [1.165, 1.54) is 4.90 Å². The maximum Gasteiger partial charge on any atom is 1.00 e. The van der Waals surface area contributed by atoms with Gasteiger partial charge in [0.1, 0.15) is 0 Å². The molecule has 0 saturated carbocycles. The zero-order valence-electron chi connectivity index (χ0n) is 9.34. The molecule has 3 amide bonds. The molecule has 7 heteroatoms. The molecule has 1 fully saturated rings. The van der Waals surface area contributed by atoms with E-state index >= 15 is 0 Å². The minimum Gasteiger partial charge on any atom is -0.423 e. The Morgan fingerprint density at radius 2 is 2.44 bits per heavy atom. The SMILES string of the molecule is COCC1=C[C@@H](C(N)=O)N2C[C@@H]1[N-]C2=O.[Na+]. The molecule has 16 heavy (non-hydrogen) atoms. The van der Waals surface area contributed by atoms with Crippen LogP contribution in [0.5, 0.6) is 0 Å². The molecule has 2 rings (SSSR count). The van der Waals surface area contributed by atoms with Crippen LogP contribution in [0.1, 0.15) is 0 Å². The van der Waals surface area contributed by atoms with Crippen LogP contribution in [0.15, 0.2) is 11.6 Å². The van der Waals surface area contributed by atoms with E-state index in [-0.39, 0.29) is 41.6 Å². The smallest absolute Gasteiger partial charge is 0.423 e. The second-order valence-corrected chi connectivity index (χ2v) is 3.60. The third-order valence-corrected chi connectivity index (χ3v) is 2.62. The van der Waals surface area contributed by atoms with Gasteiger partial charge in [0.05, 0.1) is 12.6 Å². The molecule has 82 valence electrons. The molecule has 0 aromatic rings. The van der Waals surface area contributed by atoms with Gasteiger partial charge in [-0.15, -0.1) is 0 Å². The average Bonchev–Trinajstić information content (AvgIpc) is 2.49. The van der Waals surface area contributed by atoms with Gasteiger partial charge < -0.3 is 20.7 Å². The molecule has 1 saturated heterocycles. The Morgan fingerprint density at radius 1 is 1.75 bits per heavy atom. The molecule has 0 aliphatic carbocycles.